The molecule has 1 aromatic carbocycles. The number of benzene rings is 1. The van der Waals surface area contributed by atoms with E-state index in [4.69, 9.17) is 21.4 Å². The Balaban J connectivity index is 2.08. The lowest BCUT2D eigenvalue weighted by Crippen LogP contribution is -2.66. The van der Waals surface area contributed by atoms with Crippen molar-refractivity contribution in [3.63, 3.8) is 0 Å². The highest BCUT2D eigenvalue weighted by molar-refractivity contribution is 7.80. The number of ether oxygens (including phenoxy) is 1. The highest BCUT2D eigenvalue weighted by atomic mass is 32.1. The predicted molar refractivity (Wildman–Crippen MR) is 122 cm³/mol. The van der Waals surface area contributed by atoms with Crippen LogP contribution in [0.4, 0.5) is 0 Å². The van der Waals surface area contributed by atoms with E-state index in [9.17, 15) is 4.79 Å². The molecule has 1 aromatic rings. The van der Waals surface area contributed by atoms with Gasteiger partial charge in [0, 0.05) is 29.9 Å². The molecule has 1 heterocycles. The standard InChI is InChI=1S/C22H35NO3SSi/c1-14(18(27)12-15-8-10-16(25-5)11-9-15)20-19(21(24)23-20)17(22(2,3)4)13-26-28(6)7/h8-11,14,17,19-20,28H,12-13H2,1-7H3,(H,23,24)/t14-,17+,19-,20+/m0/s1. The summed E-state index contributed by atoms with van der Waals surface area (Å²) in [5.74, 6) is 1.26. The van der Waals surface area contributed by atoms with Crippen LogP contribution in [0.5, 0.6) is 5.75 Å². The molecule has 0 spiro atoms. The summed E-state index contributed by atoms with van der Waals surface area (Å²) in [7, 11) is 0.531. The highest BCUT2D eigenvalue weighted by Gasteiger charge is 2.50. The van der Waals surface area contributed by atoms with Crippen molar-refractivity contribution in [3.8, 4) is 5.75 Å². The normalized spacial score (nSPS) is 21.6. The third kappa shape index (κ3) is 5.64. The first-order chi connectivity index (χ1) is 13.0. The van der Waals surface area contributed by atoms with Crippen LogP contribution in [0.25, 0.3) is 0 Å². The van der Waals surface area contributed by atoms with Crippen LogP contribution >= 0.6 is 12.2 Å². The first-order valence-electron chi connectivity index (χ1n) is 10.1. The molecule has 1 aliphatic rings. The maximum absolute atomic E-state index is 12.5. The van der Waals surface area contributed by atoms with Crippen LogP contribution in [0.2, 0.25) is 13.1 Å². The van der Waals surface area contributed by atoms with E-state index in [1.807, 2.05) is 24.3 Å². The summed E-state index contributed by atoms with van der Waals surface area (Å²) in [6, 6.07) is 8.10. The Morgan fingerprint density at radius 3 is 2.32 bits per heavy atom. The molecular formula is C22H35NO3SSi. The lowest BCUT2D eigenvalue weighted by Gasteiger charge is -2.49. The molecule has 0 aliphatic carbocycles. The van der Waals surface area contributed by atoms with Gasteiger partial charge in [-0.1, -0.05) is 52.0 Å². The first-order valence-corrected chi connectivity index (χ1v) is 13.3. The Morgan fingerprint density at radius 2 is 1.86 bits per heavy atom. The van der Waals surface area contributed by atoms with Gasteiger partial charge in [0.25, 0.3) is 0 Å². The molecule has 1 aliphatic heterocycles. The Bertz CT molecular complexity index is 684. The quantitative estimate of drug-likeness (QED) is 0.372. The van der Waals surface area contributed by atoms with Crippen LogP contribution in [-0.2, 0) is 15.6 Å². The molecule has 0 radical (unpaired) electrons. The molecule has 0 unspecified atom stereocenters. The van der Waals surface area contributed by atoms with Crippen LogP contribution in [-0.4, -0.2) is 39.6 Å². The molecule has 2 rings (SSSR count). The van der Waals surface area contributed by atoms with Gasteiger partial charge in [-0.3, -0.25) is 4.79 Å². The van der Waals surface area contributed by atoms with Gasteiger partial charge in [0.05, 0.1) is 13.0 Å². The number of hydrogen-bond donors (Lipinski definition) is 1. The predicted octanol–water partition coefficient (Wildman–Crippen LogP) is 4.02. The molecule has 1 amide bonds. The Labute approximate surface area is 177 Å². The van der Waals surface area contributed by atoms with Gasteiger partial charge in [0.1, 0.15) is 5.75 Å². The summed E-state index contributed by atoms with van der Waals surface area (Å²) < 4.78 is 11.3. The van der Waals surface area contributed by atoms with Gasteiger partial charge < -0.3 is 14.5 Å². The molecule has 0 aromatic heterocycles. The van der Waals surface area contributed by atoms with Gasteiger partial charge in [-0.2, -0.15) is 0 Å². The van der Waals surface area contributed by atoms with E-state index in [1.54, 1.807) is 7.11 Å². The number of hydrogen-bond acceptors (Lipinski definition) is 4. The van der Waals surface area contributed by atoms with Gasteiger partial charge in [0.2, 0.25) is 5.91 Å². The molecule has 1 saturated heterocycles. The fourth-order valence-corrected chi connectivity index (χ4v) is 4.69. The SMILES string of the molecule is COc1ccc(CC(=S)[C@H](C)[C@H]2NC(=O)[C@H]2[C@@H](CO[SiH](C)C)C(C)(C)C)cc1. The summed E-state index contributed by atoms with van der Waals surface area (Å²) in [4.78, 5) is 13.5. The van der Waals surface area contributed by atoms with Crippen molar-refractivity contribution < 1.29 is 14.0 Å². The second-order valence-electron chi connectivity index (χ2n) is 9.19. The van der Waals surface area contributed by atoms with Gasteiger partial charge in [-0.25, -0.2) is 0 Å². The number of carbonyl (C=O) groups excluding carboxylic acids is 1. The number of β-lactam (4-membered cyclic amide) rings is 1. The van der Waals surface area contributed by atoms with E-state index in [0.29, 0.717) is 6.61 Å². The molecule has 156 valence electrons. The number of rotatable bonds is 9. The van der Waals surface area contributed by atoms with Crippen molar-refractivity contribution in [2.75, 3.05) is 13.7 Å². The third-order valence-corrected chi connectivity index (χ3v) is 7.11. The number of methoxy groups -OCH3 is 1. The molecule has 0 saturated carbocycles. The summed E-state index contributed by atoms with van der Waals surface area (Å²) >= 11 is 5.77. The summed E-state index contributed by atoms with van der Waals surface area (Å²) in [5.41, 5.74) is 1.17. The van der Waals surface area contributed by atoms with E-state index in [-0.39, 0.29) is 35.1 Å². The average Bonchev–Trinajstić information content (AvgIpc) is 2.61. The van der Waals surface area contributed by atoms with Crippen LogP contribution < -0.4 is 10.1 Å². The first kappa shape index (κ1) is 23.0. The van der Waals surface area contributed by atoms with Crippen molar-refractivity contribution in [2.45, 2.75) is 53.3 Å². The van der Waals surface area contributed by atoms with Crippen molar-refractivity contribution >= 4 is 32.0 Å². The average molecular weight is 422 g/mol. The lowest BCUT2D eigenvalue weighted by atomic mass is 9.64. The molecular weight excluding hydrogens is 386 g/mol. The van der Waals surface area contributed by atoms with E-state index >= 15 is 0 Å². The maximum atomic E-state index is 12.5. The largest absolute Gasteiger partial charge is 0.497 e. The van der Waals surface area contributed by atoms with Crippen LogP contribution in [0.15, 0.2) is 24.3 Å². The molecule has 4 atom stereocenters. The monoisotopic (exact) mass is 421 g/mol. The zero-order valence-electron chi connectivity index (χ0n) is 18.2. The molecule has 1 N–H and O–H groups in total. The number of carbonyl (C=O) groups is 1. The lowest BCUT2D eigenvalue weighted by molar-refractivity contribution is -0.143. The fraction of sp³-hybridized carbons (Fsp3) is 0.636. The second-order valence-corrected chi connectivity index (χ2v) is 12.1. The minimum atomic E-state index is -1.13. The highest BCUT2D eigenvalue weighted by Crippen LogP contribution is 2.40. The van der Waals surface area contributed by atoms with E-state index in [1.165, 1.54) is 5.56 Å². The van der Waals surface area contributed by atoms with Crippen molar-refractivity contribution in [3.05, 3.63) is 29.8 Å². The van der Waals surface area contributed by atoms with Crippen LogP contribution in [0, 0.1) is 23.2 Å². The maximum Gasteiger partial charge on any atom is 0.225 e. The van der Waals surface area contributed by atoms with Crippen molar-refractivity contribution in [1.82, 2.24) is 5.32 Å². The molecule has 1 fully saturated rings. The summed E-state index contributed by atoms with van der Waals surface area (Å²) in [6.45, 7) is 13.7. The van der Waals surface area contributed by atoms with Crippen LogP contribution in [0.1, 0.15) is 33.3 Å². The number of amides is 1. The van der Waals surface area contributed by atoms with E-state index in [2.05, 4.69) is 46.1 Å². The summed E-state index contributed by atoms with van der Waals surface area (Å²) in [6.07, 6.45) is 0.731. The third-order valence-electron chi connectivity index (χ3n) is 5.74. The topological polar surface area (TPSA) is 47.6 Å². The van der Waals surface area contributed by atoms with E-state index in [0.717, 1.165) is 17.0 Å². The molecule has 28 heavy (non-hydrogen) atoms. The van der Waals surface area contributed by atoms with Crippen molar-refractivity contribution in [2.24, 2.45) is 23.2 Å². The zero-order chi connectivity index (χ0) is 21.1. The van der Waals surface area contributed by atoms with E-state index < -0.39 is 9.04 Å². The van der Waals surface area contributed by atoms with Gasteiger partial charge >= 0.3 is 0 Å². The second kappa shape index (κ2) is 9.50. The minimum absolute atomic E-state index is 0.00128. The molecule has 0 bridgehead atoms. The smallest absolute Gasteiger partial charge is 0.225 e. The van der Waals surface area contributed by atoms with Crippen LogP contribution in [0.3, 0.4) is 0 Å². The fourth-order valence-electron chi connectivity index (χ4n) is 3.78. The minimum Gasteiger partial charge on any atom is -0.497 e. The molecule has 6 heteroatoms. The zero-order valence-corrected chi connectivity index (χ0v) is 20.2. The number of nitrogens with one attached hydrogen (secondary N) is 1. The Kier molecular flexibility index (Phi) is 7.82. The Morgan fingerprint density at radius 1 is 1.25 bits per heavy atom. The van der Waals surface area contributed by atoms with Crippen molar-refractivity contribution in [1.29, 1.82) is 0 Å². The molecule has 4 nitrogen and oxygen atoms in total. The van der Waals surface area contributed by atoms with Gasteiger partial charge in [-0.15, -0.1) is 0 Å². The summed E-state index contributed by atoms with van der Waals surface area (Å²) in [5, 5.41) is 3.13. The number of thiocarbonyl (C=S) groups is 1. The van der Waals surface area contributed by atoms with Gasteiger partial charge in [0.15, 0.2) is 9.04 Å². The Hall–Kier alpha value is -1.24. The van der Waals surface area contributed by atoms with Gasteiger partial charge in [-0.05, 0) is 42.1 Å².